The number of hydrogen-bond donors (Lipinski definition) is 6. The zero-order chi connectivity index (χ0) is 81.9. The summed E-state index contributed by atoms with van der Waals surface area (Å²) in [6.07, 6.45) is 24.5. The summed E-state index contributed by atoms with van der Waals surface area (Å²) < 4.78 is 4.81. The maximum atomic E-state index is 14.1. The Morgan fingerprint density at radius 2 is 0.853 bits per heavy atom. The van der Waals surface area contributed by atoms with Gasteiger partial charge in [-0.1, -0.05) is 245 Å². The molecule has 10 heterocycles. The van der Waals surface area contributed by atoms with Crippen LogP contribution in [-0.2, 0) is 45.6 Å². The number of nitrogens with two attached hydrogens (primary N) is 1. The number of rotatable bonds is 4. The van der Waals surface area contributed by atoms with E-state index in [-0.39, 0.29) is 70.5 Å². The molecule has 4 amide bonds. The van der Waals surface area contributed by atoms with Gasteiger partial charge in [0, 0.05) is 94.9 Å². The number of nitrogens with zero attached hydrogens (tertiary/aromatic N) is 4. The van der Waals surface area contributed by atoms with Gasteiger partial charge in [0.1, 0.15) is 0 Å². The topological polar surface area (TPSA) is 208 Å². The standard InChI is InChI=1S/C47H52N6O3S2.C40H38N4O2S2.2C2H4S2.CH4N/c1-45(2)38-19-6-5-7-20-39-46(3,4)43-34-17-11-9-15-32(34)22-24-37(43)53(39)29-26-41(55)51-50-35(18-12-13-27-48)44(56)47(57-58-47)30-49-40(54)25-28-52(38)36-23-21-31-14-8-10-16-33(31)42(36)45;1-38(2)32-16-6-5-7-17-33-39(3,4)37-29-15-11-9-13-27(29)19-21-31(37)44(33)25-23-35(46)42-40(47-48-40)41-34(45)22-24-43(32)30-20-18-26-12-8-10-14-28(26)36(30)38;2*1-2-3-4-2;1-2/h5-11,14-17,19-24,35,50H,12-13,18,25-30,48H2,1-4H3,(H-,49,51,54,55);5-21H,22-25H2,1-4H3,(H-,41,42,45,46);2*2H,1H3;2H,1H3/q;;;;-1/p+2/t35-;;;;/m0..../s1. The van der Waals surface area contributed by atoms with Gasteiger partial charge in [-0.15, -0.1) is 0 Å². The number of amides is 4. The van der Waals surface area contributed by atoms with Crippen molar-refractivity contribution in [1.82, 2.24) is 26.8 Å². The molecule has 0 aromatic heterocycles. The second-order valence-corrected chi connectivity index (χ2v) is 44.5. The number of benzene rings is 8. The molecule has 10 aliphatic rings. The molecule has 4 fully saturated rings. The lowest BCUT2D eigenvalue weighted by molar-refractivity contribution is -0.436. The van der Waals surface area contributed by atoms with E-state index >= 15 is 0 Å². The molecule has 116 heavy (non-hydrogen) atoms. The van der Waals surface area contributed by atoms with E-state index in [1.165, 1.54) is 116 Å². The van der Waals surface area contributed by atoms with Gasteiger partial charge < -0.3 is 37.2 Å². The third kappa shape index (κ3) is 18.0. The second kappa shape index (κ2) is 35.8. The van der Waals surface area contributed by atoms with Crippen LogP contribution in [0.5, 0.6) is 0 Å². The van der Waals surface area contributed by atoms with Gasteiger partial charge in [0.05, 0.1) is 45.4 Å². The molecule has 0 radical (unpaired) electrons. The van der Waals surface area contributed by atoms with Crippen LogP contribution in [0.4, 0.5) is 22.7 Å². The van der Waals surface area contributed by atoms with Gasteiger partial charge in [0.15, 0.2) is 34.4 Å². The van der Waals surface area contributed by atoms with Crippen LogP contribution in [0.3, 0.4) is 0 Å². The van der Waals surface area contributed by atoms with Crippen LogP contribution in [0, 0.1) is 0 Å². The highest BCUT2D eigenvalue weighted by Gasteiger charge is 2.56. The molecule has 4 saturated heterocycles. The summed E-state index contributed by atoms with van der Waals surface area (Å²) in [6.45, 7) is 25.3. The van der Waals surface area contributed by atoms with Crippen molar-refractivity contribution in [3.63, 3.8) is 0 Å². The van der Waals surface area contributed by atoms with Gasteiger partial charge in [0.25, 0.3) is 0 Å². The molecule has 2 spiro atoms. The molecule has 0 unspecified atom stereocenters. The summed E-state index contributed by atoms with van der Waals surface area (Å²) in [7, 11) is 14.9. The molecule has 8 aromatic carbocycles. The summed E-state index contributed by atoms with van der Waals surface area (Å²) in [5, 5.41) is 19.0. The fourth-order valence-corrected chi connectivity index (χ4v) is 21.6. The molecular weight excluding hydrogens is 1600 g/mol. The molecule has 8 aromatic rings. The number of nitrogens with one attached hydrogen (secondary N) is 6. The number of hydrogen-bond acceptors (Lipinski definition) is 17. The summed E-state index contributed by atoms with van der Waals surface area (Å²) in [4.78, 5) is 72.6. The Morgan fingerprint density at radius 1 is 0.457 bits per heavy atom. The second-order valence-electron chi connectivity index (χ2n) is 32.2. The average molecular weight is 1700 g/mol. The zero-order valence-corrected chi connectivity index (χ0v) is 74.3. The number of allylic oxidation sites excluding steroid dienone is 12. The van der Waals surface area contributed by atoms with Crippen LogP contribution in [0.2, 0.25) is 0 Å². The van der Waals surface area contributed by atoms with Crippen LogP contribution in [0.15, 0.2) is 218 Å². The van der Waals surface area contributed by atoms with Crippen molar-refractivity contribution in [3.05, 3.63) is 246 Å². The first-order chi connectivity index (χ1) is 55.8. The van der Waals surface area contributed by atoms with E-state index in [2.05, 4.69) is 321 Å². The predicted octanol–water partition coefficient (Wildman–Crippen LogP) is 20.2. The Morgan fingerprint density at radius 3 is 1.27 bits per heavy atom. The summed E-state index contributed by atoms with van der Waals surface area (Å²) >= 11 is 0. The van der Waals surface area contributed by atoms with E-state index in [4.69, 9.17) is 11.5 Å². The van der Waals surface area contributed by atoms with Crippen molar-refractivity contribution in [3.8, 4) is 0 Å². The Balaban J connectivity index is 0.000000173. The van der Waals surface area contributed by atoms with Gasteiger partial charge in [-0.25, -0.2) is 5.43 Å². The Labute approximate surface area is 714 Å². The van der Waals surface area contributed by atoms with Gasteiger partial charge in [0.2, 0.25) is 39.3 Å². The summed E-state index contributed by atoms with van der Waals surface area (Å²) in [6, 6.07) is 50.9. The number of Topliss-reactive ketones (excluding diaryl/α,β-unsaturated/α-hetero) is 1. The minimum Gasteiger partial charge on any atom is -0.680 e. The molecular formula is C92H104N11O5S8+. The number of hydrazine groups is 1. The van der Waals surface area contributed by atoms with Crippen molar-refractivity contribution in [2.75, 3.05) is 56.1 Å². The van der Waals surface area contributed by atoms with E-state index in [1.807, 2.05) is 43.2 Å². The number of carbonyl (C=O) groups excluding carboxylic acids is 5. The molecule has 604 valence electrons. The molecule has 10 aliphatic heterocycles. The lowest BCUT2D eigenvalue weighted by atomic mass is 9.79. The number of unbranched alkanes of at least 4 members (excludes halogenated alkanes) is 1. The first-order valence-corrected chi connectivity index (χ1v) is 48.8. The van der Waals surface area contributed by atoms with Crippen LogP contribution >= 0.6 is 86.4 Å². The lowest BCUT2D eigenvalue weighted by Gasteiger charge is -2.27. The average Bonchev–Trinajstić information content (AvgIpc) is 1.61. The molecule has 8 N–H and O–H groups in total. The largest absolute Gasteiger partial charge is 0.680 e. The van der Waals surface area contributed by atoms with Crippen molar-refractivity contribution >= 4 is 193 Å². The fraction of sp³-hybridized carbons (Fsp3) is 0.359. The minimum atomic E-state index is -0.815. The Bertz CT molecular complexity index is 5420. The maximum Gasteiger partial charge on any atom is 0.235 e. The predicted molar refractivity (Wildman–Crippen MR) is 501 cm³/mol. The number of fused-ring (bicyclic) bond motifs is 18. The highest BCUT2D eigenvalue weighted by atomic mass is 33.2. The third-order valence-electron chi connectivity index (χ3n) is 23.0. The smallest absolute Gasteiger partial charge is 0.235 e. The van der Waals surface area contributed by atoms with Crippen molar-refractivity contribution in [2.24, 2.45) is 5.73 Å². The van der Waals surface area contributed by atoms with Crippen molar-refractivity contribution in [2.45, 2.75) is 159 Å². The monoisotopic (exact) mass is 1700 g/mol. The quantitative estimate of drug-likeness (QED) is 0.0419. The number of carbonyl (C=O) groups is 5. The zero-order valence-electron chi connectivity index (χ0n) is 67.7. The van der Waals surface area contributed by atoms with Gasteiger partial charge in [-0.2, -0.15) is 16.2 Å². The molecule has 0 aliphatic carbocycles. The van der Waals surface area contributed by atoms with Gasteiger partial charge in [-0.05, 0) is 173 Å². The van der Waals surface area contributed by atoms with Crippen molar-refractivity contribution in [1.29, 1.82) is 0 Å². The normalized spacial score (nSPS) is 23.5. The number of ketones is 1. The van der Waals surface area contributed by atoms with Gasteiger partial charge >= 0.3 is 0 Å². The van der Waals surface area contributed by atoms with Crippen molar-refractivity contribution < 1.29 is 33.1 Å². The van der Waals surface area contributed by atoms with Crippen LogP contribution < -0.4 is 42.3 Å². The van der Waals surface area contributed by atoms with E-state index in [9.17, 15) is 24.0 Å². The van der Waals surface area contributed by atoms with Crippen LogP contribution in [-0.4, -0.2) is 120 Å². The molecule has 18 rings (SSSR count). The minimum absolute atomic E-state index is 0.0378. The van der Waals surface area contributed by atoms with E-state index in [0.717, 1.165) is 67.6 Å². The Hall–Kier alpha value is -7.59. The molecule has 16 nitrogen and oxygen atoms in total. The van der Waals surface area contributed by atoms with Crippen LogP contribution in [0.1, 0.15) is 136 Å². The molecule has 1 atom stereocenters. The third-order valence-corrected chi connectivity index (χ3v) is 33.0. The first-order valence-electron chi connectivity index (χ1n) is 39.9. The molecule has 0 saturated carbocycles. The summed E-state index contributed by atoms with van der Waals surface area (Å²) in [5.41, 5.74) is 30.4. The highest BCUT2D eigenvalue weighted by molar-refractivity contribution is 8.94. The maximum absolute atomic E-state index is 14.1. The Kier molecular flexibility index (Phi) is 26.2. The van der Waals surface area contributed by atoms with E-state index in [1.54, 1.807) is 0 Å². The number of anilines is 2. The molecule has 24 heteroatoms. The SMILES string of the molecule is CC1(C)C2=[N+](CCC(=O)NC3(NC(=O)CCN4/C(=C/C=C/C=C/2)C(C)(C)c2c4ccc4ccccc24)SS3)c2ccc3ccccc3c21.CC1(C)C2=[N+](CCC(=O)NCC3(SS3)C(=O)[C@H](CCCCN)NNC(=O)CCN3/C(=C/C=C/C=C/2)C(C)(C)c2c3ccc3ccccc23)c2ccc3ccccc3c21.CC1SS1.CC1SS1.C[NH-]. The molecule has 0 bridgehead atoms. The summed E-state index contributed by atoms with van der Waals surface area (Å²) in [5.74, 6) is -0.517. The lowest BCUT2D eigenvalue weighted by Crippen LogP contribution is -2.53. The first kappa shape index (κ1) is 84.8. The van der Waals surface area contributed by atoms with E-state index in [0.29, 0.717) is 52.0 Å². The van der Waals surface area contributed by atoms with Gasteiger partial charge in [-0.3, -0.25) is 29.4 Å². The fourth-order valence-electron chi connectivity index (χ4n) is 17.3. The van der Waals surface area contributed by atoms with Crippen LogP contribution in [0.25, 0.3) is 48.8 Å². The van der Waals surface area contributed by atoms with E-state index < -0.39 is 14.4 Å². The highest BCUT2D eigenvalue weighted by Crippen LogP contribution is 2.65.